The largest absolute Gasteiger partial charge is 0.491 e. The quantitative estimate of drug-likeness (QED) is 0.865. The van der Waals surface area contributed by atoms with Crippen LogP contribution >= 0.6 is 11.8 Å². The number of aliphatic hydroxyl groups is 1. The number of ether oxygens (including phenoxy) is 1. The second kappa shape index (κ2) is 7.53. The zero-order valence-electron chi connectivity index (χ0n) is 11.7. The van der Waals surface area contributed by atoms with Gasteiger partial charge in [0.05, 0.1) is 11.6 Å². The lowest BCUT2D eigenvalue weighted by atomic mass is 10.2. The standard InChI is InChI=1S/C15H20N2O2S/c1-17(13-6-7-20-11-13)9-14(18)10-19-15-4-2-12(8-16)3-5-15/h2-5,13-14,18H,6-7,9-11H2,1H3. The number of rotatable bonds is 6. The molecule has 1 saturated heterocycles. The molecule has 4 nitrogen and oxygen atoms in total. The van der Waals surface area contributed by atoms with Crippen LogP contribution in [0.4, 0.5) is 0 Å². The van der Waals surface area contributed by atoms with Crippen molar-refractivity contribution in [2.75, 3.05) is 31.7 Å². The molecule has 1 aromatic rings. The Kier molecular flexibility index (Phi) is 5.72. The van der Waals surface area contributed by atoms with Crippen molar-refractivity contribution in [1.82, 2.24) is 4.90 Å². The van der Waals surface area contributed by atoms with Crippen molar-refractivity contribution >= 4 is 11.8 Å². The second-order valence-corrected chi connectivity index (χ2v) is 6.21. The van der Waals surface area contributed by atoms with Crippen LogP contribution in [-0.2, 0) is 0 Å². The van der Waals surface area contributed by atoms with Gasteiger partial charge in [-0.2, -0.15) is 17.0 Å². The first kappa shape index (κ1) is 15.2. The molecule has 0 spiro atoms. The number of aliphatic hydroxyl groups excluding tert-OH is 1. The lowest BCUT2D eigenvalue weighted by molar-refractivity contribution is 0.0664. The summed E-state index contributed by atoms with van der Waals surface area (Å²) in [5.74, 6) is 3.05. The van der Waals surface area contributed by atoms with Crippen molar-refractivity contribution in [1.29, 1.82) is 5.26 Å². The molecule has 1 aromatic carbocycles. The summed E-state index contributed by atoms with van der Waals surface area (Å²) >= 11 is 1.97. The SMILES string of the molecule is CN(CC(O)COc1ccc(C#N)cc1)C1CCSC1. The first-order valence-corrected chi connectivity index (χ1v) is 7.93. The molecule has 108 valence electrons. The van der Waals surface area contributed by atoms with E-state index in [1.807, 2.05) is 11.8 Å². The summed E-state index contributed by atoms with van der Waals surface area (Å²) < 4.78 is 5.54. The monoisotopic (exact) mass is 292 g/mol. The van der Waals surface area contributed by atoms with Crippen LogP contribution in [-0.4, -0.2) is 53.9 Å². The molecule has 0 bridgehead atoms. The van der Waals surface area contributed by atoms with Gasteiger partial charge >= 0.3 is 0 Å². The summed E-state index contributed by atoms with van der Waals surface area (Å²) in [7, 11) is 2.06. The van der Waals surface area contributed by atoms with E-state index in [1.54, 1.807) is 24.3 Å². The van der Waals surface area contributed by atoms with Crippen LogP contribution in [0.1, 0.15) is 12.0 Å². The summed E-state index contributed by atoms with van der Waals surface area (Å²) in [5, 5.41) is 18.7. The average molecular weight is 292 g/mol. The van der Waals surface area contributed by atoms with Crippen LogP contribution in [0.2, 0.25) is 0 Å². The Morgan fingerprint density at radius 3 is 2.85 bits per heavy atom. The zero-order chi connectivity index (χ0) is 14.4. The fraction of sp³-hybridized carbons (Fsp3) is 0.533. The van der Waals surface area contributed by atoms with Crippen molar-refractivity contribution in [3.63, 3.8) is 0 Å². The number of likely N-dealkylation sites (N-methyl/N-ethyl adjacent to an activating group) is 1. The second-order valence-electron chi connectivity index (χ2n) is 5.06. The van der Waals surface area contributed by atoms with Crippen molar-refractivity contribution in [3.8, 4) is 11.8 Å². The maximum atomic E-state index is 10.0. The Labute approximate surface area is 124 Å². The number of nitrogens with zero attached hydrogens (tertiary/aromatic N) is 2. The van der Waals surface area contributed by atoms with Crippen LogP contribution in [0.5, 0.6) is 5.75 Å². The van der Waals surface area contributed by atoms with E-state index in [0.29, 0.717) is 23.9 Å². The Hall–Kier alpha value is -1.22. The maximum Gasteiger partial charge on any atom is 0.119 e. The zero-order valence-corrected chi connectivity index (χ0v) is 12.5. The van der Waals surface area contributed by atoms with Crippen LogP contribution in [0.3, 0.4) is 0 Å². The molecule has 2 unspecified atom stereocenters. The smallest absolute Gasteiger partial charge is 0.119 e. The summed E-state index contributed by atoms with van der Waals surface area (Å²) in [6.07, 6.45) is 0.700. The molecule has 0 saturated carbocycles. The highest BCUT2D eigenvalue weighted by Gasteiger charge is 2.21. The Morgan fingerprint density at radius 2 is 2.25 bits per heavy atom. The predicted molar refractivity (Wildman–Crippen MR) is 81.0 cm³/mol. The first-order valence-electron chi connectivity index (χ1n) is 6.78. The molecule has 2 atom stereocenters. The van der Waals surface area contributed by atoms with Gasteiger partial charge in [0.15, 0.2) is 0 Å². The molecule has 20 heavy (non-hydrogen) atoms. The lowest BCUT2D eigenvalue weighted by Gasteiger charge is -2.26. The molecule has 1 aliphatic heterocycles. The number of hydrogen-bond acceptors (Lipinski definition) is 5. The van der Waals surface area contributed by atoms with E-state index < -0.39 is 6.10 Å². The topological polar surface area (TPSA) is 56.5 Å². The molecule has 0 aliphatic carbocycles. The van der Waals surface area contributed by atoms with Crippen molar-refractivity contribution in [2.24, 2.45) is 0 Å². The van der Waals surface area contributed by atoms with Crippen LogP contribution in [0, 0.1) is 11.3 Å². The van der Waals surface area contributed by atoms with Gasteiger partial charge in [-0.25, -0.2) is 0 Å². The molecule has 0 amide bonds. The maximum absolute atomic E-state index is 10.0. The van der Waals surface area contributed by atoms with E-state index in [9.17, 15) is 5.11 Å². The summed E-state index contributed by atoms with van der Waals surface area (Å²) in [4.78, 5) is 2.22. The summed E-state index contributed by atoms with van der Waals surface area (Å²) in [6, 6.07) is 9.57. The van der Waals surface area contributed by atoms with Gasteiger partial charge in [-0.15, -0.1) is 0 Å². The highest BCUT2D eigenvalue weighted by Crippen LogP contribution is 2.21. The molecule has 1 N–H and O–H groups in total. The molecule has 0 radical (unpaired) electrons. The molecule has 1 aliphatic rings. The van der Waals surface area contributed by atoms with Gasteiger partial charge in [0.25, 0.3) is 0 Å². The first-order chi connectivity index (χ1) is 9.69. The van der Waals surface area contributed by atoms with E-state index in [4.69, 9.17) is 10.00 Å². The fourth-order valence-electron chi connectivity index (χ4n) is 2.22. The van der Waals surface area contributed by atoms with E-state index in [-0.39, 0.29) is 6.61 Å². The number of benzene rings is 1. The molecule has 5 heteroatoms. The Balaban J connectivity index is 1.73. The third kappa shape index (κ3) is 4.41. The van der Waals surface area contributed by atoms with Crippen molar-refractivity contribution in [2.45, 2.75) is 18.6 Å². The third-order valence-electron chi connectivity index (χ3n) is 3.45. The summed E-state index contributed by atoms with van der Waals surface area (Å²) in [5.41, 5.74) is 0.608. The van der Waals surface area contributed by atoms with Crippen LogP contribution < -0.4 is 4.74 Å². The van der Waals surface area contributed by atoms with Gasteiger partial charge in [-0.3, -0.25) is 4.90 Å². The van der Waals surface area contributed by atoms with Crippen LogP contribution in [0.25, 0.3) is 0 Å². The highest BCUT2D eigenvalue weighted by molar-refractivity contribution is 7.99. The van der Waals surface area contributed by atoms with Crippen molar-refractivity contribution < 1.29 is 9.84 Å². The normalized spacial score (nSPS) is 19.8. The molecule has 1 fully saturated rings. The van der Waals surface area contributed by atoms with Gasteiger partial charge < -0.3 is 9.84 Å². The number of nitriles is 1. The van der Waals surface area contributed by atoms with Crippen molar-refractivity contribution in [3.05, 3.63) is 29.8 Å². The van der Waals surface area contributed by atoms with Gasteiger partial charge in [-0.1, -0.05) is 0 Å². The minimum absolute atomic E-state index is 0.274. The number of hydrogen-bond donors (Lipinski definition) is 1. The molecule has 2 rings (SSSR count). The van der Waals surface area contributed by atoms with E-state index >= 15 is 0 Å². The minimum Gasteiger partial charge on any atom is -0.491 e. The van der Waals surface area contributed by atoms with Crippen LogP contribution in [0.15, 0.2) is 24.3 Å². The minimum atomic E-state index is -0.499. The lowest BCUT2D eigenvalue weighted by Crippen LogP contribution is -2.39. The third-order valence-corrected chi connectivity index (χ3v) is 4.60. The Bertz CT molecular complexity index is 452. The molecule has 0 aromatic heterocycles. The fourth-order valence-corrected chi connectivity index (χ4v) is 3.52. The molecular weight excluding hydrogens is 272 g/mol. The molecule has 1 heterocycles. The average Bonchev–Trinajstić information content (AvgIpc) is 3.00. The highest BCUT2D eigenvalue weighted by atomic mass is 32.2. The van der Waals surface area contributed by atoms with Gasteiger partial charge in [0.1, 0.15) is 18.5 Å². The van der Waals surface area contributed by atoms with E-state index in [2.05, 4.69) is 18.0 Å². The van der Waals surface area contributed by atoms with Gasteiger partial charge in [0, 0.05) is 18.3 Å². The van der Waals surface area contributed by atoms with E-state index in [1.165, 1.54) is 12.2 Å². The van der Waals surface area contributed by atoms with E-state index in [0.717, 1.165) is 5.75 Å². The predicted octanol–water partition coefficient (Wildman–Crippen LogP) is 1.74. The van der Waals surface area contributed by atoms with Gasteiger partial charge in [0.2, 0.25) is 0 Å². The Morgan fingerprint density at radius 1 is 1.50 bits per heavy atom. The molecular formula is C15H20N2O2S. The summed E-state index contributed by atoms with van der Waals surface area (Å²) in [6.45, 7) is 0.900. The number of thioether (sulfide) groups is 1. The van der Waals surface area contributed by atoms with Gasteiger partial charge in [-0.05, 0) is 43.5 Å².